The minimum atomic E-state index is -3.43. The Bertz CT molecular complexity index is 1110. The van der Waals surface area contributed by atoms with Crippen molar-refractivity contribution < 1.29 is 37.0 Å². The van der Waals surface area contributed by atoms with Crippen LogP contribution in [-0.2, 0) is 19.6 Å². The fourth-order valence-electron chi connectivity index (χ4n) is 2.74. The second-order valence-corrected chi connectivity index (χ2v) is 8.45. The van der Waals surface area contributed by atoms with Crippen molar-refractivity contribution in [1.82, 2.24) is 5.32 Å². The lowest BCUT2D eigenvalue weighted by Gasteiger charge is -2.13. The number of nitrogens with one attached hydrogen (secondary N) is 2. The van der Waals surface area contributed by atoms with E-state index in [4.69, 9.17) is 14.2 Å². The van der Waals surface area contributed by atoms with Gasteiger partial charge in [0.15, 0.2) is 17.6 Å². The van der Waals surface area contributed by atoms with E-state index in [0.717, 1.165) is 6.26 Å². The zero-order valence-electron chi connectivity index (χ0n) is 16.7. The van der Waals surface area contributed by atoms with Crippen LogP contribution in [0.3, 0.4) is 0 Å². The maximum absolute atomic E-state index is 12.4. The first-order valence-corrected chi connectivity index (χ1v) is 11.0. The average Bonchev–Trinajstić information content (AvgIpc) is 3.18. The molecule has 0 saturated carbocycles. The zero-order chi connectivity index (χ0) is 22.6. The van der Waals surface area contributed by atoms with Crippen molar-refractivity contribution in [2.75, 3.05) is 24.3 Å². The standard InChI is InChI=1S/C20H20N2O8S/c1-12(19(24)13-3-6-15(7-4-13)22-31(2,26)27)30-18(23)10-21-20(25)14-5-8-16-17(9-14)29-11-28-16/h3-9,12,22H,10-11H2,1-2H3,(H,21,25). The Hall–Kier alpha value is -3.60. The molecule has 0 bridgehead atoms. The van der Waals surface area contributed by atoms with Gasteiger partial charge in [0.25, 0.3) is 5.91 Å². The highest BCUT2D eigenvalue weighted by molar-refractivity contribution is 7.92. The molecule has 0 spiro atoms. The first-order chi connectivity index (χ1) is 14.6. The van der Waals surface area contributed by atoms with Crippen LogP contribution in [0.1, 0.15) is 27.6 Å². The normalized spacial score (nSPS) is 13.2. The fraction of sp³-hybridized carbons (Fsp3) is 0.250. The molecule has 0 aliphatic carbocycles. The van der Waals surface area contributed by atoms with E-state index in [1.54, 1.807) is 6.07 Å². The van der Waals surface area contributed by atoms with E-state index >= 15 is 0 Å². The number of Topliss-reactive ketones (excluding diaryl/α,β-unsaturated/α-hetero) is 1. The summed E-state index contributed by atoms with van der Waals surface area (Å²) in [4.78, 5) is 36.6. The summed E-state index contributed by atoms with van der Waals surface area (Å²) in [6, 6.07) is 10.3. The molecule has 11 heteroatoms. The Balaban J connectivity index is 1.50. The van der Waals surface area contributed by atoms with E-state index in [1.807, 2.05) is 0 Å². The molecular weight excluding hydrogens is 428 g/mol. The van der Waals surface area contributed by atoms with Crippen LogP contribution >= 0.6 is 0 Å². The smallest absolute Gasteiger partial charge is 0.326 e. The van der Waals surface area contributed by atoms with Crippen molar-refractivity contribution in [3.05, 3.63) is 53.6 Å². The number of fused-ring (bicyclic) bond motifs is 1. The number of sulfonamides is 1. The van der Waals surface area contributed by atoms with Gasteiger partial charge in [-0.1, -0.05) is 0 Å². The van der Waals surface area contributed by atoms with Gasteiger partial charge in [-0.25, -0.2) is 8.42 Å². The quantitative estimate of drug-likeness (QED) is 0.456. The largest absolute Gasteiger partial charge is 0.454 e. The number of ether oxygens (including phenoxy) is 3. The van der Waals surface area contributed by atoms with Crippen LogP contribution in [0.2, 0.25) is 0 Å². The number of amides is 1. The van der Waals surface area contributed by atoms with E-state index in [1.165, 1.54) is 43.3 Å². The molecule has 2 aromatic rings. The highest BCUT2D eigenvalue weighted by Crippen LogP contribution is 2.32. The number of hydrogen-bond donors (Lipinski definition) is 2. The van der Waals surface area contributed by atoms with Gasteiger partial charge >= 0.3 is 5.97 Å². The lowest BCUT2D eigenvalue weighted by molar-refractivity contribution is -0.145. The van der Waals surface area contributed by atoms with Crippen molar-refractivity contribution in [1.29, 1.82) is 0 Å². The second-order valence-electron chi connectivity index (χ2n) is 6.70. The van der Waals surface area contributed by atoms with Crippen molar-refractivity contribution in [3.8, 4) is 11.5 Å². The summed E-state index contributed by atoms with van der Waals surface area (Å²) in [5.41, 5.74) is 0.822. The molecule has 1 aliphatic heterocycles. The highest BCUT2D eigenvalue weighted by Gasteiger charge is 2.21. The number of carbonyl (C=O) groups is 3. The lowest BCUT2D eigenvalue weighted by atomic mass is 10.1. The van der Waals surface area contributed by atoms with Crippen LogP contribution in [0.15, 0.2) is 42.5 Å². The van der Waals surface area contributed by atoms with E-state index in [9.17, 15) is 22.8 Å². The van der Waals surface area contributed by atoms with Gasteiger partial charge < -0.3 is 19.5 Å². The third kappa shape index (κ3) is 5.95. The van der Waals surface area contributed by atoms with Gasteiger partial charge in [0.1, 0.15) is 6.54 Å². The number of anilines is 1. The predicted molar refractivity (Wildman–Crippen MR) is 110 cm³/mol. The van der Waals surface area contributed by atoms with Gasteiger partial charge in [-0.2, -0.15) is 0 Å². The van der Waals surface area contributed by atoms with Crippen molar-refractivity contribution in [2.24, 2.45) is 0 Å². The summed E-state index contributed by atoms with van der Waals surface area (Å²) < 4.78 is 40.2. The molecule has 0 fully saturated rings. The Morgan fingerprint density at radius 3 is 2.35 bits per heavy atom. The molecule has 3 rings (SSSR count). The number of carbonyl (C=O) groups excluding carboxylic acids is 3. The van der Waals surface area contributed by atoms with Crippen LogP contribution in [0.25, 0.3) is 0 Å². The number of esters is 1. The summed E-state index contributed by atoms with van der Waals surface area (Å²) in [6.07, 6.45) is -0.0810. The molecule has 1 aliphatic rings. The van der Waals surface area contributed by atoms with Crippen LogP contribution < -0.4 is 19.5 Å². The van der Waals surface area contributed by atoms with Gasteiger partial charge in [-0.3, -0.25) is 19.1 Å². The Morgan fingerprint density at radius 2 is 1.68 bits per heavy atom. The van der Waals surface area contributed by atoms with Crippen LogP contribution in [0.4, 0.5) is 5.69 Å². The second kappa shape index (κ2) is 9.04. The minimum absolute atomic E-state index is 0.0790. The molecule has 2 N–H and O–H groups in total. The average molecular weight is 448 g/mol. The Morgan fingerprint density at radius 1 is 1.03 bits per heavy atom. The van der Waals surface area contributed by atoms with Gasteiger partial charge in [0, 0.05) is 16.8 Å². The molecule has 0 aromatic heterocycles. The third-order valence-electron chi connectivity index (χ3n) is 4.18. The van der Waals surface area contributed by atoms with E-state index in [0.29, 0.717) is 17.2 Å². The Labute approximate surface area is 178 Å². The fourth-order valence-corrected chi connectivity index (χ4v) is 3.30. The first-order valence-electron chi connectivity index (χ1n) is 9.12. The summed E-state index contributed by atoms with van der Waals surface area (Å²) in [6.45, 7) is 1.06. The highest BCUT2D eigenvalue weighted by atomic mass is 32.2. The van der Waals surface area contributed by atoms with Crippen molar-refractivity contribution in [2.45, 2.75) is 13.0 Å². The number of benzene rings is 2. The summed E-state index contributed by atoms with van der Waals surface area (Å²) >= 11 is 0. The predicted octanol–water partition coefficient (Wildman–Crippen LogP) is 1.33. The molecule has 0 radical (unpaired) electrons. The molecule has 1 unspecified atom stereocenters. The molecule has 31 heavy (non-hydrogen) atoms. The van der Waals surface area contributed by atoms with Gasteiger partial charge in [0.2, 0.25) is 22.6 Å². The number of ketones is 1. The molecular formula is C20H20N2O8S. The van der Waals surface area contributed by atoms with Crippen molar-refractivity contribution >= 4 is 33.4 Å². The van der Waals surface area contributed by atoms with E-state index < -0.39 is 40.3 Å². The maximum Gasteiger partial charge on any atom is 0.326 e. The zero-order valence-corrected chi connectivity index (χ0v) is 17.5. The topological polar surface area (TPSA) is 137 Å². The first kappa shape index (κ1) is 22.1. The van der Waals surface area contributed by atoms with Crippen LogP contribution in [0, 0.1) is 0 Å². The molecule has 164 valence electrons. The van der Waals surface area contributed by atoms with Gasteiger partial charge in [-0.05, 0) is 49.4 Å². The summed E-state index contributed by atoms with van der Waals surface area (Å²) in [5, 5.41) is 2.42. The van der Waals surface area contributed by atoms with Crippen molar-refractivity contribution in [3.63, 3.8) is 0 Å². The monoisotopic (exact) mass is 448 g/mol. The minimum Gasteiger partial charge on any atom is -0.454 e. The maximum atomic E-state index is 12.4. The molecule has 1 heterocycles. The number of hydrogen-bond acceptors (Lipinski definition) is 8. The molecule has 1 amide bonds. The molecule has 2 aromatic carbocycles. The summed E-state index contributed by atoms with van der Waals surface area (Å²) in [5.74, 6) is -0.800. The number of rotatable bonds is 8. The summed E-state index contributed by atoms with van der Waals surface area (Å²) in [7, 11) is -3.43. The molecule has 0 saturated heterocycles. The van der Waals surface area contributed by atoms with Crippen LogP contribution in [-0.4, -0.2) is 51.8 Å². The molecule has 1 atom stereocenters. The van der Waals surface area contributed by atoms with Crippen LogP contribution in [0.5, 0.6) is 11.5 Å². The van der Waals surface area contributed by atoms with Gasteiger partial charge in [-0.15, -0.1) is 0 Å². The molecule has 10 nitrogen and oxygen atoms in total. The van der Waals surface area contributed by atoms with Gasteiger partial charge in [0.05, 0.1) is 6.26 Å². The van der Waals surface area contributed by atoms with E-state index in [-0.39, 0.29) is 17.9 Å². The SMILES string of the molecule is CC(OC(=O)CNC(=O)c1ccc2c(c1)OCO2)C(=O)c1ccc(NS(C)(=O)=O)cc1. The van der Waals surface area contributed by atoms with E-state index in [2.05, 4.69) is 10.0 Å². The Kier molecular flexibility index (Phi) is 6.44. The third-order valence-corrected chi connectivity index (χ3v) is 4.78. The lowest BCUT2D eigenvalue weighted by Crippen LogP contribution is -2.34.